The van der Waals surface area contributed by atoms with Gasteiger partial charge < -0.3 is 0 Å². The van der Waals surface area contributed by atoms with E-state index in [1.54, 1.807) is 0 Å². The minimum absolute atomic E-state index is 0.484. The molecule has 0 aliphatic heterocycles. The highest BCUT2D eigenvalue weighted by Gasteiger charge is 2.25. The average Bonchev–Trinajstić information content (AvgIpc) is 2.95. The highest BCUT2D eigenvalue weighted by molar-refractivity contribution is 8.00. The van der Waals surface area contributed by atoms with Crippen molar-refractivity contribution in [1.82, 2.24) is 0 Å². The Bertz CT molecular complexity index is 1080. The first-order chi connectivity index (χ1) is 17.7. The predicted octanol–water partition coefficient (Wildman–Crippen LogP) is 8.14. The van der Waals surface area contributed by atoms with Gasteiger partial charge in [0.2, 0.25) is 0 Å². The van der Waals surface area contributed by atoms with Gasteiger partial charge >= 0.3 is 0 Å². The van der Waals surface area contributed by atoms with Crippen LogP contribution in [0.5, 0.6) is 0 Å². The maximum Gasteiger partial charge on any atom is 0.0149 e. The lowest BCUT2D eigenvalue weighted by Gasteiger charge is -2.28. The van der Waals surface area contributed by atoms with Crippen LogP contribution in [0.3, 0.4) is 0 Å². The first kappa shape index (κ1) is 28.2. The molecular weight excluding hydrogens is 551 g/mol. The summed E-state index contributed by atoms with van der Waals surface area (Å²) in [4.78, 5) is 5.66. The van der Waals surface area contributed by atoms with Crippen molar-refractivity contribution in [3.63, 3.8) is 0 Å². The second-order valence-corrected chi connectivity index (χ2v) is 15.9. The minimum atomic E-state index is -0.484. The topological polar surface area (TPSA) is 0 Å². The number of thioether (sulfide) groups is 4. The molecule has 36 heavy (non-hydrogen) atoms. The fraction of sp³-hybridized carbons (Fsp3) is 0.200. The molecule has 0 heterocycles. The molecule has 0 atom stereocenters. The van der Waals surface area contributed by atoms with Crippen molar-refractivity contribution in [3.8, 4) is 0 Å². The van der Waals surface area contributed by atoms with Gasteiger partial charge in [-0.05, 0) is 98.7 Å². The van der Waals surface area contributed by atoms with E-state index in [-0.39, 0.29) is 0 Å². The number of hydrogen-bond donors (Lipinski definition) is 0. The van der Waals surface area contributed by atoms with Gasteiger partial charge in [0.1, 0.15) is 0 Å². The largest absolute Gasteiger partial charge is 0.129 e. The first-order valence-corrected chi connectivity index (χ1v) is 19.7. The van der Waals surface area contributed by atoms with Gasteiger partial charge in [0.15, 0.2) is 0 Å². The third kappa shape index (κ3) is 6.58. The van der Waals surface area contributed by atoms with E-state index in [2.05, 4.69) is 122 Å². The zero-order valence-corrected chi connectivity index (χ0v) is 26.2. The van der Waals surface area contributed by atoms with Crippen LogP contribution in [0, 0.1) is 0 Å². The van der Waals surface area contributed by atoms with Gasteiger partial charge in [0.25, 0.3) is 0 Å². The molecule has 4 aromatic carbocycles. The molecule has 0 spiro atoms. The van der Waals surface area contributed by atoms with Crippen molar-refractivity contribution in [2.45, 2.75) is 19.6 Å². The van der Waals surface area contributed by atoms with E-state index in [4.69, 9.17) is 0 Å². The summed E-state index contributed by atoms with van der Waals surface area (Å²) >= 11 is 7.52. The van der Waals surface area contributed by atoms with Crippen LogP contribution in [-0.2, 0) is 0 Å². The Balaban J connectivity index is 1.81. The Hall–Kier alpha value is -0.860. The lowest BCUT2D eigenvalue weighted by atomic mass is 10.4. The van der Waals surface area contributed by atoms with Gasteiger partial charge in [0, 0.05) is 19.6 Å². The normalized spacial score (nSPS) is 11.4. The van der Waals surface area contributed by atoms with Crippen LogP contribution >= 0.6 is 62.9 Å². The standard InChI is InChI=1S/C30H32P2S4/c1-33-27-17-9-5-13-23(27)31(24-14-6-10-18-28(24)34-2)21-22-32(25-15-7-11-19-29(25)35-3)26-16-8-12-20-30(26)36-4/h5-20H,21-22H2,1-4H3. The minimum Gasteiger partial charge on any atom is -0.129 e. The van der Waals surface area contributed by atoms with E-state index in [1.165, 1.54) is 53.1 Å². The molecule has 0 aromatic heterocycles. The Kier molecular flexibility index (Phi) is 11.2. The molecule has 4 aromatic rings. The van der Waals surface area contributed by atoms with E-state index in [1.807, 2.05) is 47.0 Å². The summed E-state index contributed by atoms with van der Waals surface area (Å²) in [6.07, 6.45) is 11.2. The third-order valence-electron chi connectivity index (χ3n) is 6.05. The van der Waals surface area contributed by atoms with Gasteiger partial charge in [-0.3, -0.25) is 0 Å². The third-order valence-corrected chi connectivity index (χ3v) is 15.4. The van der Waals surface area contributed by atoms with Crippen molar-refractivity contribution in [1.29, 1.82) is 0 Å². The molecule has 0 bridgehead atoms. The summed E-state index contributed by atoms with van der Waals surface area (Å²) in [5, 5.41) is 6.08. The summed E-state index contributed by atoms with van der Waals surface area (Å²) in [7, 11) is -0.968. The smallest absolute Gasteiger partial charge is 0.0149 e. The Labute approximate surface area is 236 Å². The van der Waals surface area contributed by atoms with E-state index in [0.29, 0.717) is 0 Å². The molecule has 0 aliphatic rings. The summed E-state index contributed by atoms with van der Waals surface area (Å²) in [6, 6.07) is 36.3. The summed E-state index contributed by atoms with van der Waals surface area (Å²) in [5.74, 6) is 0. The van der Waals surface area contributed by atoms with Crippen molar-refractivity contribution < 1.29 is 0 Å². The fourth-order valence-electron chi connectivity index (χ4n) is 4.35. The van der Waals surface area contributed by atoms with Crippen LogP contribution in [-0.4, -0.2) is 37.3 Å². The summed E-state index contributed by atoms with van der Waals surface area (Å²) in [5.41, 5.74) is 0. The van der Waals surface area contributed by atoms with Gasteiger partial charge in [-0.15, -0.1) is 47.0 Å². The van der Waals surface area contributed by atoms with E-state index in [0.717, 1.165) is 0 Å². The molecule has 0 aliphatic carbocycles. The number of hydrogen-bond acceptors (Lipinski definition) is 4. The monoisotopic (exact) mass is 582 g/mol. The van der Waals surface area contributed by atoms with Crippen molar-refractivity contribution in [2.24, 2.45) is 0 Å². The molecule has 6 heteroatoms. The van der Waals surface area contributed by atoms with Gasteiger partial charge in [-0.2, -0.15) is 0 Å². The molecule has 0 radical (unpaired) electrons. The van der Waals surface area contributed by atoms with Crippen LogP contribution in [0.1, 0.15) is 0 Å². The molecule has 0 saturated heterocycles. The summed E-state index contributed by atoms with van der Waals surface area (Å²) < 4.78 is 0. The maximum atomic E-state index is 2.38. The van der Waals surface area contributed by atoms with E-state index < -0.39 is 15.8 Å². The lowest BCUT2D eigenvalue weighted by molar-refractivity contribution is 1.44. The summed E-state index contributed by atoms with van der Waals surface area (Å²) in [6.45, 7) is 0. The maximum absolute atomic E-state index is 2.38. The second-order valence-electron chi connectivity index (χ2n) is 7.99. The Morgan fingerprint density at radius 2 is 0.611 bits per heavy atom. The highest BCUT2D eigenvalue weighted by atomic mass is 32.2. The van der Waals surface area contributed by atoms with Crippen molar-refractivity contribution in [3.05, 3.63) is 97.1 Å². The van der Waals surface area contributed by atoms with Crippen LogP contribution in [0.2, 0.25) is 0 Å². The molecular formula is C30H32P2S4. The van der Waals surface area contributed by atoms with Crippen LogP contribution in [0.15, 0.2) is 117 Å². The van der Waals surface area contributed by atoms with Crippen LogP contribution in [0.25, 0.3) is 0 Å². The highest BCUT2D eigenvalue weighted by Crippen LogP contribution is 2.46. The lowest BCUT2D eigenvalue weighted by Crippen LogP contribution is -2.23. The molecule has 0 fully saturated rings. The molecule has 0 N–H and O–H groups in total. The number of benzene rings is 4. The van der Waals surface area contributed by atoms with E-state index in [9.17, 15) is 0 Å². The fourth-order valence-corrected chi connectivity index (χ4v) is 14.2. The Morgan fingerprint density at radius 3 is 0.833 bits per heavy atom. The first-order valence-electron chi connectivity index (χ1n) is 11.8. The SMILES string of the molecule is CSc1ccccc1P(CCP(c1ccccc1SC)c1ccccc1SC)c1ccccc1SC. The second kappa shape index (κ2) is 14.3. The Morgan fingerprint density at radius 1 is 0.389 bits per heavy atom. The zero-order chi connectivity index (χ0) is 25.3. The van der Waals surface area contributed by atoms with Gasteiger partial charge in [-0.25, -0.2) is 0 Å². The zero-order valence-electron chi connectivity index (χ0n) is 21.2. The van der Waals surface area contributed by atoms with Gasteiger partial charge in [-0.1, -0.05) is 72.8 Å². The number of rotatable bonds is 11. The van der Waals surface area contributed by atoms with E-state index >= 15 is 0 Å². The quantitative estimate of drug-likeness (QED) is 0.129. The molecule has 0 unspecified atom stereocenters. The molecule has 0 amide bonds. The van der Waals surface area contributed by atoms with Crippen LogP contribution in [0.4, 0.5) is 0 Å². The molecule has 0 nitrogen and oxygen atoms in total. The van der Waals surface area contributed by atoms with Gasteiger partial charge in [0.05, 0.1) is 0 Å². The molecule has 186 valence electrons. The van der Waals surface area contributed by atoms with Crippen molar-refractivity contribution >= 4 is 84.1 Å². The average molecular weight is 583 g/mol. The van der Waals surface area contributed by atoms with Crippen LogP contribution < -0.4 is 21.2 Å². The predicted molar refractivity (Wildman–Crippen MR) is 175 cm³/mol. The molecule has 4 rings (SSSR count). The molecule has 0 saturated carbocycles. The van der Waals surface area contributed by atoms with Crippen molar-refractivity contribution in [2.75, 3.05) is 37.3 Å².